The summed E-state index contributed by atoms with van der Waals surface area (Å²) in [5, 5.41) is 6.33. The molecule has 2 rings (SSSR count). The molecule has 0 radical (unpaired) electrons. The molecule has 19 heavy (non-hydrogen) atoms. The van der Waals surface area contributed by atoms with Gasteiger partial charge in [0.25, 0.3) is 0 Å². The minimum atomic E-state index is -0.215. The maximum Gasteiger partial charge on any atom is 0.231 e. The van der Waals surface area contributed by atoms with Gasteiger partial charge in [-0.3, -0.25) is 4.79 Å². The zero-order chi connectivity index (χ0) is 13.5. The number of benzene rings is 1. The molecule has 1 amide bonds. The van der Waals surface area contributed by atoms with Crippen LogP contribution < -0.4 is 10.1 Å². The minimum absolute atomic E-state index is 0.00580. The molecular formula is C13H16N4O2. The summed E-state index contributed by atoms with van der Waals surface area (Å²) in [4.78, 5) is 14.7. The monoisotopic (exact) mass is 260 g/mol. The second kappa shape index (κ2) is 6.66. The SMILES string of the molecule is [N-]=[N+]=NCCCCNC(=O)C1COc2ccccc21. The van der Waals surface area contributed by atoms with E-state index in [1.54, 1.807) is 0 Å². The predicted octanol–water partition coefficient (Wildman–Crippen LogP) is 2.37. The highest BCUT2D eigenvalue weighted by Gasteiger charge is 2.29. The van der Waals surface area contributed by atoms with Crippen molar-refractivity contribution in [2.24, 2.45) is 5.11 Å². The average molecular weight is 260 g/mol. The zero-order valence-electron chi connectivity index (χ0n) is 10.6. The Hall–Kier alpha value is -2.20. The number of azide groups is 1. The zero-order valence-corrected chi connectivity index (χ0v) is 10.6. The molecule has 1 atom stereocenters. The number of amides is 1. The summed E-state index contributed by atoms with van der Waals surface area (Å²) in [6, 6.07) is 7.61. The minimum Gasteiger partial charge on any atom is -0.492 e. The van der Waals surface area contributed by atoms with E-state index >= 15 is 0 Å². The fourth-order valence-corrected chi connectivity index (χ4v) is 2.07. The molecule has 0 spiro atoms. The predicted molar refractivity (Wildman–Crippen MR) is 70.9 cm³/mol. The topological polar surface area (TPSA) is 87.1 Å². The van der Waals surface area contributed by atoms with Crippen molar-refractivity contribution in [3.8, 4) is 5.75 Å². The molecular weight excluding hydrogens is 244 g/mol. The van der Waals surface area contributed by atoms with Crippen LogP contribution in [0.3, 0.4) is 0 Å². The van der Waals surface area contributed by atoms with Crippen molar-refractivity contribution in [3.63, 3.8) is 0 Å². The van der Waals surface area contributed by atoms with Crippen molar-refractivity contribution in [2.45, 2.75) is 18.8 Å². The molecule has 6 heteroatoms. The molecule has 1 aliphatic rings. The van der Waals surface area contributed by atoms with Crippen molar-refractivity contribution in [3.05, 3.63) is 40.3 Å². The molecule has 1 heterocycles. The van der Waals surface area contributed by atoms with Gasteiger partial charge in [0.15, 0.2) is 0 Å². The Balaban J connectivity index is 1.77. The first-order chi connectivity index (χ1) is 9.33. The van der Waals surface area contributed by atoms with Crippen LogP contribution in [0.5, 0.6) is 5.75 Å². The number of carbonyl (C=O) groups excluding carboxylic acids is 1. The first-order valence-electron chi connectivity index (χ1n) is 6.33. The van der Waals surface area contributed by atoms with Crippen LogP contribution in [-0.4, -0.2) is 25.6 Å². The maximum atomic E-state index is 12.0. The van der Waals surface area contributed by atoms with Gasteiger partial charge in [0.2, 0.25) is 5.91 Å². The van der Waals surface area contributed by atoms with Gasteiger partial charge in [-0.25, -0.2) is 0 Å². The van der Waals surface area contributed by atoms with Crippen LogP contribution in [0.2, 0.25) is 0 Å². The van der Waals surface area contributed by atoms with Gasteiger partial charge in [-0.15, -0.1) is 0 Å². The van der Waals surface area contributed by atoms with E-state index in [0.717, 1.165) is 24.2 Å². The van der Waals surface area contributed by atoms with Crippen LogP contribution in [0.25, 0.3) is 10.4 Å². The number of fused-ring (bicyclic) bond motifs is 1. The molecule has 0 saturated heterocycles. The molecule has 0 bridgehead atoms. The molecule has 0 saturated carbocycles. The number of nitrogens with zero attached hydrogens (tertiary/aromatic N) is 3. The second-order valence-electron chi connectivity index (χ2n) is 4.35. The van der Waals surface area contributed by atoms with E-state index in [2.05, 4.69) is 15.3 Å². The van der Waals surface area contributed by atoms with Crippen molar-refractivity contribution < 1.29 is 9.53 Å². The molecule has 0 fully saturated rings. The Bertz CT molecular complexity index is 497. The molecule has 0 aliphatic carbocycles. The number of hydrogen-bond donors (Lipinski definition) is 1. The van der Waals surface area contributed by atoms with Crippen molar-refractivity contribution in [1.82, 2.24) is 5.32 Å². The third-order valence-corrected chi connectivity index (χ3v) is 3.06. The van der Waals surface area contributed by atoms with E-state index in [-0.39, 0.29) is 11.8 Å². The molecule has 1 aromatic carbocycles. The smallest absolute Gasteiger partial charge is 0.231 e. The molecule has 1 unspecified atom stereocenters. The third-order valence-electron chi connectivity index (χ3n) is 3.06. The summed E-state index contributed by atoms with van der Waals surface area (Å²) in [5.41, 5.74) is 9.08. The number of nitrogens with one attached hydrogen (secondary N) is 1. The third kappa shape index (κ3) is 3.39. The highest BCUT2D eigenvalue weighted by Crippen LogP contribution is 2.33. The number of hydrogen-bond acceptors (Lipinski definition) is 3. The first-order valence-corrected chi connectivity index (χ1v) is 6.33. The van der Waals surface area contributed by atoms with E-state index in [9.17, 15) is 4.79 Å². The lowest BCUT2D eigenvalue weighted by atomic mass is 10.0. The number of carbonyl (C=O) groups is 1. The van der Waals surface area contributed by atoms with Crippen LogP contribution in [0.15, 0.2) is 29.4 Å². The number of unbranched alkanes of at least 4 members (excludes halogenated alkanes) is 1. The van der Waals surface area contributed by atoms with Gasteiger partial charge >= 0.3 is 0 Å². The summed E-state index contributed by atoms with van der Waals surface area (Å²) in [6.07, 6.45) is 1.59. The average Bonchev–Trinajstić information content (AvgIpc) is 2.86. The maximum absolute atomic E-state index is 12.0. The van der Waals surface area contributed by atoms with Gasteiger partial charge in [0.05, 0.1) is 0 Å². The molecule has 1 N–H and O–H groups in total. The Morgan fingerprint density at radius 2 is 2.32 bits per heavy atom. The first kappa shape index (κ1) is 13.2. The highest BCUT2D eigenvalue weighted by atomic mass is 16.5. The normalized spacial score (nSPS) is 16.1. The van der Waals surface area contributed by atoms with Crippen LogP contribution in [-0.2, 0) is 4.79 Å². The highest BCUT2D eigenvalue weighted by molar-refractivity contribution is 5.85. The number of ether oxygens (including phenoxy) is 1. The fourth-order valence-electron chi connectivity index (χ4n) is 2.07. The van der Waals surface area contributed by atoms with Crippen molar-refractivity contribution in [1.29, 1.82) is 0 Å². The second-order valence-corrected chi connectivity index (χ2v) is 4.35. The van der Waals surface area contributed by atoms with Crippen LogP contribution in [0.1, 0.15) is 24.3 Å². The largest absolute Gasteiger partial charge is 0.492 e. The summed E-state index contributed by atoms with van der Waals surface area (Å²) in [5.74, 6) is 0.577. The van der Waals surface area contributed by atoms with Gasteiger partial charge in [0, 0.05) is 23.6 Å². The van der Waals surface area contributed by atoms with Gasteiger partial charge in [-0.05, 0) is 24.4 Å². The number of rotatable bonds is 6. The summed E-state index contributed by atoms with van der Waals surface area (Å²) in [6.45, 7) is 1.48. The van der Waals surface area contributed by atoms with Gasteiger partial charge in [0.1, 0.15) is 18.3 Å². The Morgan fingerprint density at radius 1 is 1.47 bits per heavy atom. The molecule has 1 aliphatic heterocycles. The van der Waals surface area contributed by atoms with Gasteiger partial charge < -0.3 is 10.1 Å². The van der Waals surface area contributed by atoms with E-state index in [0.29, 0.717) is 19.7 Å². The Morgan fingerprint density at radius 3 is 3.16 bits per heavy atom. The lowest BCUT2D eigenvalue weighted by molar-refractivity contribution is -0.122. The molecule has 6 nitrogen and oxygen atoms in total. The quantitative estimate of drug-likeness (QED) is 0.368. The molecule has 100 valence electrons. The van der Waals surface area contributed by atoms with E-state index in [1.165, 1.54) is 0 Å². The standard InChI is InChI=1S/C13H16N4O2/c14-17-16-8-4-3-7-15-13(18)11-9-19-12-6-2-1-5-10(11)12/h1-2,5-6,11H,3-4,7-9H2,(H,15,18). The van der Waals surface area contributed by atoms with E-state index in [4.69, 9.17) is 10.3 Å². The summed E-state index contributed by atoms with van der Waals surface area (Å²) in [7, 11) is 0. The number of para-hydroxylation sites is 1. The molecule has 0 aromatic heterocycles. The lowest BCUT2D eigenvalue weighted by Crippen LogP contribution is -2.31. The van der Waals surface area contributed by atoms with Crippen LogP contribution in [0.4, 0.5) is 0 Å². The van der Waals surface area contributed by atoms with Crippen LogP contribution >= 0.6 is 0 Å². The summed E-state index contributed by atoms with van der Waals surface area (Å²) < 4.78 is 5.48. The Kier molecular flexibility index (Phi) is 4.64. The lowest BCUT2D eigenvalue weighted by Gasteiger charge is -2.09. The van der Waals surface area contributed by atoms with E-state index < -0.39 is 0 Å². The van der Waals surface area contributed by atoms with Gasteiger partial charge in [-0.1, -0.05) is 23.3 Å². The van der Waals surface area contributed by atoms with E-state index in [1.807, 2.05) is 24.3 Å². The van der Waals surface area contributed by atoms with Gasteiger partial charge in [-0.2, -0.15) is 0 Å². The van der Waals surface area contributed by atoms with Crippen LogP contribution in [0, 0.1) is 0 Å². The Labute approximate surface area is 111 Å². The van der Waals surface area contributed by atoms with Crippen molar-refractivity contribution in [2.75, 3.05) is 19.7 Å². The fraction of sp³-hybridized carbons (Fsp3) is 0.462. The van der Waals surface area contributed by atoms with Crippen molar-refractivity contribution >= 4 is 5.91 Å². The summed E-state index contributed by atoms with van der Waals surface area (Å²) >= 11 is 0. The molecule has 1 aromatic rings.